The van der Waals surface area contributed by atoms with E-state index in [0.29, 0.717) is 17.0 Å². The number of allylic oxidation sites excluding steroid dienone is 1. The second-order valence-electron chi connectivity index (χ2n) is 4.81. The maximum Gasteiger partial charge on any atom is 0.233 e. The quantitative estimate of drug-likeness (QED) is 0.859. The van der Waals surface area contributed by atoms with Crippen molar-refractivity contribution in [2.24, 2.45) is 5.92 Å². The molecule has 2 amide bonds. The van der Waals surface area contributed by atoms with Crippen LogP contribution in [0, 0.1) is 24.2 Å². The van der Waals surface area contributed by atoms with Crippen molar-refractivity contribution in [2.45, 2.75) is 20.3 Å². The molecule has 0 spiro atoms. The van der Waals surface area contributed by atoms with E-state index in [-0.39, 0.29) is 18.2 Å². The lowest BCUT2D eigenvalue weighted by atomic mass is 9.90. The van der Waals surface area contributed by atoms with E-state index in [9.17, 15) is 9.59 Å². The molecule has 5 heteroatoms. The highest BCUT2D eigenvalue weighted by molar-refractivity contribution is 5.99. The summed E-state index contributed by atoms with van der Waals surface area (Å²) in [4.78, 5) is 23.7. The zero-order chi connectivity index (χ0) is 14.7. The fraction of sp³-hybridized carbons (Fsp3) is 0.267. The van der Waals surface area contributed by atoms with Gasteiger partial charge in [-0.1, -0.05) is 17.7 Å². The van der Waals surface area contributed by atoms with Crippen LogP contribution < -0.4 is 10.6 Å². The van der Waals surface area contributed by atoms with Gasteiger partial charge in [0.2, 0.25) is 11.8 Å². The lowest BCUT2D eigenvalue weighted by Crippen LogP contribution is -2.37. The van der Waals surface area contributed by atoms with Gasteiger partial charge in [-0.2, -0.15) is 5.26 Å². The molecule has 1 aromatic carbocycles. The van der Waals surface area contributed by atoms with E-state index < -0.39 is 5.92 Å². The van der Waals surface area contributed by atoms with Crippen molar-refractivity contribution in [3.8, 4) is 6.07 Å². The molecule has 0 aromatic heterocycles. The molecule has 5 nitrogen and oxygen atoms in total. The van der Waals surface area contributed by atoms with Crippen LogP contribution >= 0.6 is 0 Å². The van der Waals surface area contributed by atoms with Gasteiger partial charge < -0.3 is 10.6 Å². The molecule has 1 aromatic rings. The maximum absolute atomic E-state index is 12.2. The van der Waals surface area contributed by atoms with Crippen LogP contribution in [0.3, 0.4) is 0 Å². The fourth-order valence-corrected chi connectivity index (χ4v) is 2.13. The van der Waals surface area contributed by atoms with E-state index in [1.165, 1.54) is 0 Å². The highest BCUT2D eigenvalue weighted by atomic mass is 16.2. The number of hydrogen-bond donors (Lipinski definition) is 2. The van der Waals surface area contributed by atoms with Crippen LogP contribution in [0.1, 0.15) is 18.9 Å². The average molecular weight is 269 g/mol. The molecule has 1 aliphatic heterocycles. The van der Waals surface area contributed by atoms with E-state index >= 15 is 0 Å². The molecule has 1 atom stereocenters. The monoisotopic (exact) mass is 269 g/mol. The Balaban J connectivity index is 2.20. The van der Waals surface area contributed by atoms with Gasteiger partial charge in [0.25, 0.3) is 0 Å². The molecule has 2 N–H and O–H groups in total. The molecule has 20 heavy (non-hydrogen) atoms. The summed E-state index contributed by atoms with van der Waals surface area (Å²) in [6, 6.07) is 9.35. The second-order valence-corrected chi connectivity index (χ2v) is 4.81. The van der Waals surface area contributed by atoms with Crippen LogP contribution in [0.15, 0.2) is 35.5 Å². The number of carbonyl (C=O) groups is 2. The molecule has 0 unspecified atom stereocenters. The maximum atomic E-state index is 12.2. The Labute approximate surface area is 117 Å². The van der Waals surface area contributed by atoms with Gasteiger partial charge in [-0.15, -0.1) is 0 Å². The molecule has 0 radical (unpaired) electrons. The third kappa shape index (κ3) is 2.86. The third-order valence-corrected chi connectivity index (χ3v) is 3.22. The largest absolute Gasteiger partial charge is 0.329 e. The summed E-state index contributed by atoms with van der Waals surface area (Å²) in [6.45, 7) is 3.58. The topological polar surface area (TPSA) is 82.0 Å². The number of nitrogens with zero attached hydrogens (tertiary/aromatic N) is 1. The Hall–Kier alpha value is -2.61. The zero-order valence-corrected chi connectivity index (χ0v) is 11.4. The van der Waals surface area contributed by atoms with Gasteiger partial charge in [-0.25, -0.2) is 0 Å². The zero-order valence-electron chi connectivity index (χ0n) is 11.4. The molecule has 102 valence electrons. The summed E-state index contributed by atoms with van der Waals surface area (Å²) in [5.74, 6) is -1.31. The summed E-state index contributed by atoms with van der Waals surface area (Å²) in [7, 11) is 0. The van der Waals surface area contributed by atoms with Gasteiger partial charge >= 0.3 is 0 Å². The lowest BCUT2D eigenvalue weighted by molar-refractivity contribution is -0.126. The van der Waals surface area contributed by atoms with Crippen LogP contribution in [0.5, 0.6) is 0 Å². The molecule has 1 aliphatic rings. The van der Waals surface area contributed by atoms with Crippen molar-refractivity contribution in [2.75, 3.05) is 5.32 Å². The Morgan fingerprint density at radius 1 is 1.35 bits per heavy atom. The van der Waals surface area contributed by atoms with Gasteiger partial charge in [0.05, 0.1) is 17.6 Å². The van der Waals surface area contributed by atoms with Gasteiger partial charge in [0.1, 0.15) is 0 Å². The summed E-state index contributed by atoms with van der Waals surface area (Å²) >= 11 is 0. The van der Waals surface area contributed by atoms with E-state index in [0.717, 1.165) is 5.56 Å². The summed E-state index contributed by atoms with van der Waals surface area (Å²) in [6.07, 6.45) is -0.00206. The fourth-order valence-electron chi connectivity index (χ4n) is 2.13. The Morgan fingerprint density at radius 2 is 2.00 bits per heavy atom. The summed E-state index contributed by atoms with van der Waals surface area (Å²) in [5, 5.41) is 14.4. The third-order valence-electron chi connectivity index (χ3n) is 3.22. The molecular weight excluding hydrogens is 254 g/mol. The van der Waals surface area contributed by atoms with Crippen LogP contribution in [-0.4, -0.2) is 11.8 Å². The summed E-state index contributed by atoms with van der Waals surface area (Å²) in [5.41, 5.74) is 2.51. The predicted molar refractivity (Wildman–Crippen MR) is 74.4 cm³/mol. The number of hydrogen-bond acceptors (Lipinski definition) is 3. The number of nitrogens with one attached hydrogen (secondary N) is 2. The van der Waals surface area contributed by atoms with E-state index in [1.807, 2.05) is 25.1 Å². The lowest BCUT2D eigenvalue weighted by Gasteiger charge is -2.22. The molecule has 0 saturated heterocycles. The van der Waals surface area contributed by atoms with E-state index in [4.69, 9.17) is 5.26 Å². The van der Waals surface area contributed by atoms with Crippen LogP contribution in [0.25, 0.3) is 0 Å². The SMILES string of the molecule is CC1=C(C#N)[C@@H](C(=O)Nc2ccc(C)cc2)CC(=O)N1. The highest BCUT2D eigenvalue weighted by Gasteiger charge is 2.31. The highest BCUT2D eigenvalue weighted by Crippen LogP contribution is 2.24. The number of nitriles is 1. The summed E-state index contributed by atoms with van der Waals surface area (Å²) < 4.78 is 0. The molecule has 0 saturated carbocycles. The first-order valence-electron chi connectivity index (χ1n) is 6.29. The minimum atomic E-state index is -0.727. The number of benzene rings is 1. The first kappa shape index (κ1) is 13.8. The van der Waals surface area contributed by atoms with E-state index in [1.54, 1.807) is 19.1 Å². The number of carbonyl (C=O) groups excluding carboxylic acids is 2. The number of anilines is 1. The van der Waals surface area contributed by atoms with Crippen LogP contribution in [-0.2, 0) is 9.59 Å². The number of aryl methyl sites for hydroxylation is 1. The van der Waals surface area contributed by atoms with Crippen molar-refractivity contribution < 1.29 is 9.59 Å². The number of rotatable bonds is 2. The van der Waals surface area contributed by atoms with Gasteiger partial charge in [-0.05, 0) is 26.0 Å². The van der Waals surface area contributed by atoms with Crippen LogP contribution in [0.2, 0.25) is 0 Å². The Bertz CT molecular complexity index is 624. The smallest absolute Gasteiger partial charge is 0.233 e. The van der Waals surface area contributed by atoms with Crippen molar-refractivity contribution in [1.29, 1.82) is 5.26 Å². The second kappa shape index (κ2) is 5.57. The van der Waals surface area contributed by atoms with Crippen molar-refractivity contribution in [3.63, 3.8) is 0 Å². The first-order chi connectivity index (χ1) is 9.51. The molecule has 0 bridgehead atoms. The van der Waals surface area contributed by atoms with Crippen LogP contribution in [0.4, 0.5) is 5.69 Å². The molecular formula is C15H15N3O2. The van der Waals surface area contributed by atoms with Crippen molar-refractivity contribution in [3.05, 3.63) is 41.1 Å². The Morgan fingerprint density at radius 3 is 2.60 bits per heavy atom. The van der Waals surface area contributed by atoms with Gasteiger partial charge in [0, 0.05) is 17.8 Å². The van der Waals surface area contributed by atoms with Gasteiger partial charge in [0.15, 0.2) is 0 Å². The van der Waals surface area contributed by atoms with Crippen molar-refractivity contribution >= 4 is 17.5 Å². The van der Waals surface area contributed by atoms with Crippen molar-refractivity contribution in [1.82, 2.24) is 5.32 Å². The number of amides is 2. The standard InChI is InChI=1S/C15H15N3O2/c1-9-3-5-11(6-4-9)18-15(20)12-7-14(19)17-10(2)13(12)8-16/h3-6,12H,7H2,1-2H3,(H,17,19)(H,18,20)/t12-/m0/s1. The first-order valence-corrected chi connectivity index (χ1v) is 6.29. The minimum absolute atomic E-state index is 0.00206. The van der Waals surface area contributed by atoms with E-state index in [2.05, 4.69) is 10.6 Å². The molecule has 0 fully saturated rings. The van der Waals surface area contributed by atoms with Gasteiger partial charge in [-0.3, -0.25) is 9.59 Å². The Kier molecular flexibility index (Phi) is 3.85. The predicted octanol–water partition coefficient (Wildman–Crippen LogP) is 1.87. The molecule has 2 rings (SSSR count). The molecule has 1 heterocycles. The normalized spacial score (nSPS) is 18.2. The minimum Gasteiger partial charge on any atom is -0.329 e. The molecule has 0 aliphatic carbocycles. The average Bonchev–Trinajstić information content (AvgIpc) is 2.40.